The number of piperazine rings is 1. The van der Waals surface area contributed by atoms with Crippen molar-refractivity contribution in [3.63, 3.8) is 0 Å². The van der Waals surface area contributed by atoms with E-state index in [0.29, 0.717) is 0 Å². The Balaban J connectivity index is 1.98. The fraction of sp³-hybridized carbons (Fsp3) is 0.900. The second-order valence-corrected chi connectivity index (χ2v) is 4.69. The van der Waals surface area contributed by atoms with Gasteiger partial charge in [0.05, 0.1) is 5.25 Å². The molecule has 1 fully saturated rings. The smallest absolute Gasteiger partial charge is 0.232 e. The van der Waals surface area contributed by atoms with Crippen LogP contribution in [0.5, 0.6) is 0 Å². The molecule has 0 aromatic heterocycles. The Hall–Kier alpha value is -0.260. The van der Waals surface area contributed by atoms with E-state index in [0.717, 1.165) is 45.7 Å². The Morgan fingerprint density at radius 3 is 2.80 bits per heavy atom. The Morgan fingerprint density at radius 2 is 2.20 bits per heavy atom. The van der Waals surface area contributed by atoms with E-state index in [1.807, 2.05) is 0 Å². The van der Waals surface area contributed by atoms with Crippen LogP contribution in [0.15, 0.2) is 0 Å². The Bertz CT molecular complexity index is 193. The highest BCUT2D eigenvalue weighted by Gasteiger charge is 2.09. The van der Waals surface area contributed by atoms with Crippen LogP contribution in [0.1, 0.15) is 13.3 Å². The molecule has 0 radical (unpaired) electrons. The van der Waals surface area contributed by atoms with E-state index in [1.165, 1.54) is 0 Å². The third kappa shape index (κ3) is 5.39. The molecule has 2 N–H and O–H groups in total. The van der Waals surface area contributed by atoms with Crippen LogP contribution < -0.4 is 10.6 Å². The summed E-state index contributed by atoms with van der Waals surface area (Å²) >= 11 is 4.07. The van der Waals surface area contributed by atoms with Gasteiger partial charge in [0.15, 0.2) is 0 Å². The quantitative estimate of drug-likeness (QED) is 0.450. The number of carbonyl (C=O) groups is 1. The van der Waals surface area contributed by atoms with Gasteiger partial charge in [-0.1, -0.05) is 0 Å². The molecule has 0 bridgehead atoms. The first kappa shape index (κ1) is 12.8. The minimum Gasteiger partial charge on any atom is -0.355 e. The summed E-state index contributed by atoms with van der Waals surface area (Å²) in [5, 5.41) is 5.98. The maximum absolute atomic E-state index is 11.2. The monoisotopic (exact) mass is 231 g/mol. The number of hydrogen-bond donors (Lipinski definition) is 3. The van der Waals surface area contributed by atoms with Gasteiger partial charge >= 0.3 is 0 Å². The minimum absolute atomic E-state index is 0.0265. The minimum atomic E-state index is -0.204. The van der Waals surface area contributed by atoms with Crippen LogP contribution in [-0.2, 0) is 4.79 Å². The number of amides is 1. The van der Waals surface area contributed by atoms with Crippen molar-refractivity contribution in [1.82, 2.24) is 15.5 Å². The van der Waals surface area contributed by atoms with Gasteiger partial charge in [-0.3, -0.25) is 4.79 Å². The van der Waals surface area contributed by atoms with Gasteiger partial charge in [0.25, 0.3) is 0 Å². The van der Waals surface area contributed by atoms with E-state index in [-0.39, 0.29) is 11.2 Å². The predicted octanol–water partition coefficient (Wildman–Crippen LogP) is -0.284. The second-order valence-electron chi connectivity index (χ2n) is 3.91. The van der Waals surface area contributed by atoms with Gasteiger partial charge in [0.1, 0.15) is 0 Å². The lowest BCUT2D eigenvalue weighted by atomic mass is 10.3. The average Bonchev–Trinajstić information content (AvgIpc) is 2.25. The third-order valence-electron chi connectivity index (χ3n) is 2.54. The van der Waals surface area contributed by atoms with Crippen molar-refractivity contribution < 1.29 is 4.79 Å². The number of nitrogens with one attached hydrogen (secondary N) is 2. The zero-order valence-corrected chi connectivity index (χ0v) is 10.2. The summed E-state index contributed by atoms with van der Waals surface area (Å²) in [6, 6.07) is 0. The SMILES string of the molecule is CC(S)C(=O)NCCCN1CCNCC1. The van der Waals surface area contributed by atoms with E-state index in [2.05, 4.69) is 28.2 Å². The molecular weight excluding hydrogens is 210 g/mol. The summed E-state index contributed by atoms with van der Waals surface area (Å²) in [7, 11) is 0. The molecule has 0 aliphatic carbocycles. The molecule has 1 rings (SSSR count). The fourth-order valence-corrected chi connectivity index (χ4v) is 1.69. The van der Waals surface area contributed by atoms with Crippen molar-refractivity contribution in [2.45, 2.75) is 18.6 Å². The van der Waals surface area contributed by atoms with Gasteiger partial charge in [0.2, 0.25) is 5.91 Å². The van der Waals surface area contributed by atoms with E-state index in [1.54, 1.807) is 6.92 Å². The summed E-state index contributed by atoms with van der Waals surface area (Å²) in [4.78, 5) is 13.6. The molecule has 5 heteroatoms. The maximum atomic E-state index is 11.2. The molecule has 0 spiro atoms. The van der Waals surface area contributed by atoms with Crippen molar-refractivity contribution >= 4 is 18.5 Å². The first-order chi connectivity index (χ1) is 7.20. The third-order valence-corrected chi connectivity index (χ3v) is 2.77. The van der Waals surface area contributed by atoms with E-state index in [4.69, 9.17) is 0 Å². The molecule has 1 heterocycles. The van der Waals surface area contributed by atoms with E-state index < -0.39 is 0 Å². The van der Waals surface area contributed by atoms with Crippen molar-refractivity contribution in [1.29, 1.82) is 0 Å². The van der Waals surface area contributed by atoms with Gasteiger partial charge in [0, 0.05) is 32.7 Å². The van der Waals surface area contributed by atoms with Crippen LogP contribution in [-0.4, -0.2) is 55.3 Å². The lowest BCUT2D eigenvalue weighted by Gasteiger charge is -2.27. The Kier molecular flexibility index (Phi) is 6.05. The predicted molar refractivity (Wildman–Crippen MR) is 65.4 cm³/mol. The molecule has 1 saturated heterocycles. The molecule has 0 aromatic rings. The molecule has 1 amide bonds. The van der Waals surface area contributed by atoms with E-state index in [9.17, 15) is 4.79 Å². The summed E-state index contributed by atoms with van der Waals surface area (Å²) in [5.74, 6) is 0.0265. The van der Waals surface area contributed by atoms with Crippen LogP contribution in [0.25, 0.3) is 0 Å². The highest BCUT2D eigenvalue weighted by Crippen LogP contribution is 1.95. The van der Waals surface area contributed by atoms with Gasteiger partial charge in [-0.25, -0.2) is 0 Å². The topological polar surface area (TPSA) is 44.4 Å². The highest BCUT2D eigenvalue weighted by molar-refractivity contribution is 7.81. The van der Waals surface area contributed by atoms with Gasteiger partial charge in [-0.05, 0) is 19.9 Å². The van der Waals surface area contributed by atoms with Crippen LogP contribution in [0, 0.1) is 0 Å². The Morgan fingerprint density at radius 1 is 1.53 bits per heavy atom. The standard InChI is InChI=1S/C10H21N3OS/c1-9(15)10(14)12-3-2-6-13-7-4-11-5-8-13/h9,11,15H,2-8H2,1H3,(H,12,14). The molecular formula is C10H21N3OS. The summed E-state index contributed by atoms with van der Waals surface area (Å²) in [6.07, 6.45) is 1.02. The molecule has 1 aliphatic heterocycles. The average molecular weight is 231 g/mol. The number of hydrogen-bond acceptors (Lipinski definition) is 4. The number of thiol groups is 1. The number of nitrogens with zero attached hydrogens (tertiary/aromatic N) is 1. The van der Waals surface area contributed by atoms with Gasteiger partial charge in [-0.15, -0.1) is 0 Å². The summed E-state index contributed by atoms with van der Waals surface area (Å²) in [6.45, 7) is 8.03. The fourth-order valence-electron chi connectivity index (χ4n) is 1.60. The van der Waals surface area contributed by atoms with Crippen LogP contribution in [0.3, 0.4) is 0 Å². The Labute approximate surface area is 97.2 Å². The molecule has 0 saturated carbocycles. The highest BCUT2D eigenvalue weighted by atomic mass is 32.1. The lowest BCUT2D eigenvalue weighted by molar-refractivity contribution is -0.120. The van der Waals surface area contributed by atoms with E-state index >= 15 is 0 Å². The summed E-state index contributed by atoms with van der Waals surface area (Å²) < 4.78 is 0. The first-order valence-corrected chi connectivity index (χ1v) is 6.10. The molecule has 15 heavy (non-hydrogen) atoms. The normalized spacial score (nSPS) is 19.9. The van der Waals surface area contributed by atoms with Crippen molar-refractivity contribution in [3.8, 4) is 0 Å². The van der Waals surface area contributed by atoms with Gasteiger partial charge < -0.3 is 15.5 Å². The number of rotatable bonds is 5. The summed E-state index contributed by atoms with van der Waals surface area (Å²) in [5.41, 5.74) is 0. The largest absolute Gasteiger partial charge is 0.355 e. The van der Waals surface area contributed by atoms with Crippen LogP contribution in [0.4, 0.5) is 0 Å². The molecule has 4 nitrogen and oxygen atoms in total. The molecule has 1 atom stereocenters. The van der Waals surface area contributed by atoms with Crippen molar-refractivity contribution in [2.24, 2.45) is 0 Å². The number of carbonyl (C=O) groups excluding carboxylic acids is 1. The van der Waals surface area contributed by atoms with Crippen molar-refractivity contribution in [3.05, 3.63) is 0 Å². The molecule has 88 valence electrons. The lowest BCUT2D eigenvalue weighted by Crippen LogP contribution is -2.44. The molecule has 1 aliphatic rings. The zero-order valence-electron chi connectivity index (χ0n) is 9.33. The zero-order chi connectivity index (χ0) is 11.1. The first-order valence-electron chi connectivity index (χ1n) is 5.59. The van der Waals surface area contributed by atoms with Crippen LogP contribution >= 0.6 is 12.6 Å². The van der Waals surface area contributed by atoms with Gasteiger partial charge in [-0.2, -0.15) is 12.6 Å². The second kappa shape index (κ2) is 7.09. The van der Waals surface area contributed by atoms with Crippen LogP contribution in [0.2, 0.25) is 0 Å². The maximum Gasteiger partial charge on any atom is 0.232 e. The van der Waals surface area contributed by atoms with Crippen molar-refractivity contribution in [2.75, 3.05) is 39.3 Å². The molecule has 1 unspecified atom stereocenters. The molecule has 0 aromatic carbocycles.